The number of aryl methyl sites for hydroxylation is 1. The number of anilines is 1. The Labute approximate surface area is 172 Å². The smallest absolute Gasteiger partial charge is 0.263 e. The summed E-state index contributed by atoms with van der Waals surface area (Å²) < 4.78 is 16.9. The molecule has 152 valence electrons. The minimum Gasteiger partial charge on any atom is -0.355 e. The summed E-state index contributed by atoms with van der Waals surface area (Å²) in [7, 11) is 1.68. The van der Waals surface area contributed by atoms with Gasteiger partial charge in [-0.3, -0.25) is 14.3 Å². The van der Waals surface area contributed by atoms with Crippen molar-refractivity contribution >= 4 is 5.95 Å². The number of halogens is 1. The van der Waals surface area contributed by atoms with Crippen LogP contribution in [0.1, 0.15) is 6.42 Å². The van der Waals surface area contributed by atoms with Crippen LogP contribution in [0.15, 0.2) is 72.3 Å². The van der Waals surface area contributed by atoms with Crippen molar-refractivity contribution in [2.75, 3.05) is 11.9 Å². The molecule has 4 aromatic rings. The van der Waals surface area contributed by atoms with Gasteiger partial charge in [-0.05, 0) is 36.2 Å². The minimum atomic E-state index is -0.356. The molecule has 0 saturated carbocycles. The lowest BCUT2D eigenvalue weighted by atomic mass is 10.0. The second-order valence-electron chi connectivity index (χ2n) is 6.85. The van der Waals surface area contributed by atoms with Crippen molar-refractivity contribution in [3.8, 4) is 22.4 Å². The van der Waals surface area contributed by atoms with Crippen LogP contribution in [0, 0.1) is 5.82 Å². The summed E-state index contributed by atoms with van der Waals surface area (Å²) in [6, 6.07) is 9.48. The molecule has 0 saturated heterocycles. The summed E-state index contributed by atoms with van der Waals surface area (Å²) >= 11 is 0. The van der Waals surface area contributed by atoms with Gasteiger partial charge in [-0.2, -0.15) is 0 Å². The van der Waals surface area contributed by atoms with Crippen molar-refractivity contribution in [1.29, 1.82) is 0 Å². The zero-order chi connectivity index (χ0) is 20.9. The Morgan fingerprint density at radius 3 is 2.47 bits per heavy atom. The predicted molar refractivity (Wildman–Crippen MR) is 113 cm³/mol. The lowest BCUT2D eigenvalue weighted by Gasteiger charge is -2.16. The van der Waals surface area contributed by atoms with Crippen molar-refractivity contribution < 1.29 is 4.39 Å². The molecule has 0 radical (unpaired) electrons. The normalized spacial score (nSPS) is 10.9. The van der Waals surface area contributed by atoms with Crippen LogP contribution < -0.4 is 10.9 Å². The van der Waals surface area contributed by atoms with Crippen LogP contribution in [0.25, 0.3) is 22.4 Å². The van der Waals surface area contributed by atoms with Gasteiger partial charge >= 0.3 is 0 Å². The van der Waals surface area contributed by atoms with Gasteiger partial charge in [0, 0.05) is 50.5 Å². The van der Waals surface area contributed by atoms with Gasteiger partial charge in [0.2, 0.25) is 5.95 Å². The fraction of sp³-hybridized carbons (Fsp3) is 0.182. The van der Waals surface area contributed by atoms with Gasteiger partial charge in [0.15, 0.2) is 0 Å². The first-order valence-electron chi connectivity index (χ1n) is 9.60. The first-order chi connectivity index (χ1) is 14.6. The third kappa shape index (κ3) is 4.12. The van der Waals surface area contributed by atoms with Crippen LogP contribution in [0.3, 0.4) is 0 Å². The van der Waals surface area contributed by atoms with Gasteiger partial charge in [-0.1, -0.05) is 12.1 Å². The summed E-state index contributed by atoms with van der Waals surface area (Å²) in [6.45, 7) is 1.45. The zero-order valence-electron chi connectivity index (χ0n) is 16.5. The zero-order valence-corrected chi connectivity index (χ0v) is 16.5. The van der Waals surface area contributed by atoms with E-state index in [4.69, 9.17) is 4.98 Å². The highest BCUT2D eigenvalue weighted by atomic mass is 19.1. The van der Waals surface area contributed by atoms with Gasteiger partial charge in [-0.15, -0.1) is 0 Å². The Balaban J connectivity index is 1.69. The van der Waals surface area contributed by atoms with Gasteiger partial charge in [-0.25, -0.2) is 14.4 Å². The molecule has 0 amide bonds. The molecule has 1 aromatic carbocycles. The molecule has 0 bridgehead atoms. The number of rotatable bonds is 7. The molecule has 7 nitrogen and oxygen atoms in total. The SMILES string of the molecule is Cn1c(NCCCn2ccnc2)nc(-c2ccncc2)c(-c2ccc(F)cc2)c1=O. The highest BCUT2D eigenvalue weighted by molar-refractivity contribution is 5.80. The van der Waals surface area contributed by atoms with Gasteiger partial charge in [0.1, 0.15) is 5.82 Å². The fourth-order valence-electron chi connectivity index (χ4n) is 3.24. The van der Waals surface area contributed by atoms with Crippen LogP contribution in [-0.4, -0.2) is 30.6 Å². The van der Waals surface area contributed by atoms with E-state index in [0.29, 0.717) is 29.3 Å². The number of imidazole rings is 1. The first kappa shape index (κ1) is 19.5. The van der Waals surface area contributed by atoms with E-state index in [1.165, 1.54) is 16.7 Å². The number of nitrogens with one attached hydrogen (secondary N) is 1. The third-order valence-corrected chi connectivity index (χ3v) is 4.81. The molecular weight excluding hydrogens is 383 g/mol. The lowest BCUT2D eigenvalue weighted by molar-refractivity contribution is 0.628. The molecule has 0 fully saturated rings. The third-order valence-electron chi connectivity index (χ3n) is 4.81. The Morgan fingerprint density at radius 2 is 1.77 bits per heavy atom. The first-order valence-corrected chi connectivity index (χ1v) is 9.60. The van der Waals surface area contributed by atoms with E-state index in [1.807, 2.05) is 10.8 Å². The van der Waals surface area contributed by atoms with Gasteiger partial charge < -0.3 is 9.88 Å². The van der Waals surface area contributed by atoms with Crippen LogP contribution >= 0.6 is 0 Å². The van der Waals surface area contributed by atoms with E-state index in [0.717, 1.165) is 18.5 Å². The molecule has 4 rings (SSSR count). The van der Waals surface area contributed by atoms with E-state index in [9.17, 15) is 9.18 Å². The standard InChI is InChI=1S/C22H21FN6O/c1-28-21(30)19(16-3-5-18(23)6-4-16)20(17-7-10-24-11-8-17)27-22(28)26-9-2-13-29-14-12-25-15-29/h3-8,10-12,14-15H,2,9,13H2,1H3,(H,26,27). The molecule has 3 heterocycles. The number of pyridine rings is 1. The van der Waals surface area contributed by atoms with E-state index in [1.54, 1.807) is 56.2 Å². The quantitative estimate of drug-likeness (QED) is 0.478. The second kappa shape index (κ2) is 8.69. The Morgan fingerprint density at radius 1 is 1.00 bits per heavy atom. The number of aromatic nitrogens is 5. The fourth-order valence-corrected chi connectivity index (χ4v) is 3.24. The molecule has 0 unspecified atom stereocenters. The van der Waals surface area contributed by atoms with Crippen molar-refractivity contribution in [2.45, 2.75) is 13.0 Å². The molecule has 1 N–H and O–H groups in total. The predicted octanol–water partition coefficient (Wildman–Crippen LogP) is 3.35. The summed E-state index contributed by atoms with van der Waals surface area (Å²) in [5.41, 5.74) is 2.13. The molecule has 0 aliphatic carbocycles. The summed E-state index contributed by atoms with van der Waals surface area (Å²) in [6.07, 6.45) is 9.58. The molecule has 0 aliphatic rings. The highest BCUT2D eigenvalue weighted by Crippen LogP contribution is 2.28. The monoisotopic (exact) mass is 404 g/mol. The largest absolute Gasteiger partial charge is 0.355 e. The van der Waals surface area contributed by atoms with Gasteiger partial charge in [0.25, 0.3) is 5.56 Å². The van der Waals surface area contributed by atoms with Gasteiger partial charge in [0.05, 0.1) is 17.6 Å². The summed E-state index contributed by atoms with van der Waals surface area (Å²) in [5, 5.41) is 3.26. The molecule has 0 aliphatic heterocycles. The topological polar surface area (TPSA) is 77.6 Å². The maximum absolute atomic E-state index is 13.4. The second-order valence-corrected chi connectivity index (χ2v) is 6.85. The van der Waals surface area contributed by atoms with Crippen molar-refractivity contribution in [3.63, 3.8) is 0 Å². The maximum atomic E-state index is 13.4. The van der Waals surface area contributed by atoms with E-state index >= 15 is 0 Å². The van der Waals surface area contributed by atoms with E-state index in [2.05, 4.69) is 15.3 Å². The Hall–Kier alpha value is -3.81. The highest BCUT2D eigenvalue weighted by Gasteiger charge is 2.18. The molecular formula is C22H21FN6O. The van der Waals surface area contributed by atoms with E-state index in [-0.39, 0.29) is 11.4 Å². The average Bonchev–Trinajstić information content (AvgIpc) is 3.29. The Kier molecular flexibility index (Phi) is 5.65. The van der Waals surface area contributed by atoms with E-state index < -0.39 is 0 Å². The van der Waals surface area contributed by atoms with Crippen LogP contribution in [-0.2, 0) is 13.6 Å². The van der Waals surface area contributed by atoms with Crippen LogP contribution in [0.4, 0.5) is 10.3 Å². The summed E-state index contributed by atoms with van der Waals surface area (Å²) in [4.78, 5) is 26.1. The molecule has 3 aromatic heterocycles. The van der Waals surface area contributed by atoms with Crippen LogP contribution in [0.2, 0.25) is 0 Å². The minimum absolute atomic E-state index is 0.208. The molecule has 0 spiro atoms. The molecule has 8 heteroatoms. The average molecular weight is 404 g/mol. The lowest BCUT2D eigenvalue weighted by Crippen LogP contribution is -2.25. The maximum Gasteiger partial charge on any atom is 0.263 e. The van der Waals surface area contributed by atoms with Crippen LogP contribution in [0.5, 0.6) is 0 Å². The Bertz CT molecular complexity index is 1170. The van der Waals surface area contributed by atoms with Crippen molar-refractivity contribution in [2.24, 2.45) is 7.05 Å². The molecule has 30 heavy (non-hydrogen) atoms. The van der Waals surface area contributed by atoms with Crippen molar-refractivity contribution in [1.82, 2.24) is 24.1 Å². The summed E-state index contributed by atoms with van der Waals surface area (Å²) in [5.74, 6) is 0.119. The molecule has 0 atom stereocenters. The number of nitrogens with zero attached hydrogens (tertiary/aromatic N) is 5. The van der Waals surface area contributed by atoms with Crippen molar-refractivity contribution in [3.05, 3.63) is 83.7 Å². The number of hydrogen-bond donors (Lipinski definition) is 1. The number of benzene rings is 1. The number of hydrogen-bond acceptors (Lipinski definition) is 5.